The first kappa shape index (κ1) is 14.6. The Balaban J connectivity index is 2.46. The quantitative estimate of drug-likeness (QED) is 0.873. The Morgan fingerprint density at radius 2 is 2.05 bits per heavy atom. The van der Waals surface area contributed by atoms with E-state index in [4.69, 9.17) is 4.74 Å². The second-order valence-electron chi connectivity index (χ2n) is 3.82. The number of nitrogens with one attached hydrogen (secondary N) is 2. The lowest BCUT2D eigenvalue weighted by molar-refractivity contribution is 0.417. The smallest absolute Gasteiger partial charge is 0.267 e. The van der Waals surface area contributed by atoms with Crippen molar-refractivity contribution in [3.8, 4) is 5.75 Å². The van der Waals surface area contributed by atoms with Crippen LogP contribution in [0.25, 0.3) is 0 Å². The number of H-pyrrole nitrogens is 1. The zero-order chi connectivity index (χ0) is 14.8. The fraction of sp³-hybridized carbons (Fsp3) is 0.0833. The second-order valence-corrected chi connectivity index (χ2v) is 6.39. The molecule has 0 bridgehead atoms. The number of hydrogen-bond donors (Lipinski definition) is 2. The summed E-state index contributed by atoms with van der Waals surface area (Å²) in [5.41, 5.74) is -0.352. The molecule has 0 aliphatic heterocycles. The van der Waals surface area contributed by atoms with Crippen LogP contribution < -0.4 is 14.9 Å². The lowest BCUT2D eigenvalue weighted by Gasteiger charge is -2.11. The number of ether oxygens (including phenoxy) is 1. The number of halogens is 1. The zero-order valence-corrected chi connectivity index (χ0v) is 12.8. The van der Waals surface area contributed by atoms with Crippen molar-refractivity contribution in [3.63, 3.8) is 0 Å². The number of pyridine rings is 1. The lowest BCUT2D eigenvalue weighted by atomic mass is 10.3. The molecule has 0 saturated heterocycles. The Kier molecular flexibility index (Phi) is 4.15. The second kappa shape index (κ2) is 5.68. The normalized spacial score (nSPS) is 11.1. The molecule has 0 aliphatic rings. The molecule has 0 radical (unpaired) electrons. The van der Waals surface area contributed by atoms with Gasteiger partial charge in [-0.1, -0.05) is 15.9 Å². The molecule has 2 aromatic rings. The van der Waals surface area contributed by atoms with Gasteiger partial charge in [0.2, 0.25) is 5.43 Å². The van der Waals surface area contributed by atoms with Crippen molar-refractivity contribution in [1.29, 1.82) is 0 Å². The molecular formula is C12H11BrN2O4S. The maximum Gasteiger partial charge on any atom is 0.267 e. The lowest BCUT2D eigenvalue weighted by Crippen LogP contribution is -2.21. The Morgan fingerprint density at radius 1 is 1.30 bits per heavy atom. The number of sulfonamides is 1. The molecule has 1 heterocycles. The van der Waals surface area contributed by atoms with Crippen LogP contribution >= 0.6 is 15.9 Å². The van der Waals surface area contributed by atoms with Gasteiger partial charge in [-0.15, -0.1) is 0 Å². The van der Waals surface area contributed by atoms with Crippen molar-refractivity contribution in [2.24, 2.45) is 0 Å². The minimum absolute atomic E-state index is 0.241. The molecule has 0 aliphatic carbocycles. The van der Waals surface area contributed by atoms with E-state index in [1.54, 1.807) is 18.2 Å². The number of anilines is 1. The van der Waals surface area contributed by atoms with Crippen LogP contribution in [0.5, 0.6) is 5.75 Å². The van der Waals surface area contributed by atoms with Gasteiger partial charge in [0.05, 0.1) is 12.8 Å². The van der Waals surface area contributed by atoms with E-state index in [1.165, 1.54) is 13.3 Å². The first-order valence-corrected chi connectivity index (χ1v) is 7.75. The molecule has 0 unspecified atom stereocenters. The minimum Gasteiger partial charge on any atom is -0.495 e. The molecule has 1 aromatic carbocycles. The third-order valence-corrected chi connectivity index (χ3v) is 4.36. The van der Waals surface area contributed by atoms with E-state index >= 15 is 0 Å². The fourth-order valence-corrected chi connectivity index (χ4v) is 3.05. The summed E-state index contributed by atoms with van der Waals surface area (Å²) in [5, 5.41) is 0. The van der Waals surface area contributed by atoms with E-state index in [9.17, 15) is 13.2 Å². The summed E-state index contributed by atoms with van der Waals surface area (Å²) in [6.07, 6.45) is 2.50. The summed E-state index contributed by atoms with van der Waals surface area (Å²) in [6.45, 7) is 0. The maximum absolute atomic E-state index is 12.2. The van der Waals surface area contributed by atoms with Crippen LogP contribution in [0.4, 0.5) is 5.69 Å². The van der Waals surface area contributed by atoms with Gasteiger partial charge in [0, 0.05) is 22.9 Å². The molecular weight excluding hydrogens is 348 g/mol. The number of aromatic nitrogens is 1. The van der Waals surface area contributed by atoms with Crippen molar-refractivity contribution in [1.82, 2.24) is 4.98 Å². The molecule has 0 fully saturated rings. The van der Waals surface area contributed by atoms with Crippen LogP contribution in [0, 0.1) is 0 Å². The molecule has 0 saturated carbocycles. The fourth-order valence-electron chi connectivity index (χ4n) is 1.57. The van der Waals surface area contributed by atoms with Crippen LogP contribution in [0.15, 0.2) is 50.8 Å². The van der Waals surface area contributed by atoms with E-state index in [2.05, 4.69) is 25.6 Å². The standard InChI is InChI=1S/C12H11BrN2O4S/c1-19-11-3-2-8(13)6-9(11)15-20(17,18)12-7-14-5-4-10(12)16/h2-7,15H,1H3,(H,14,16). The van der Waals surface area contributed by atoms with E-state index < -0.39 is 15.5 Å². The average molecular weight is 359 g/mol. The highest BCUT2D eigenvalue weighted by atomic mass is 79.9. The van der Waals surface area contributed by atoms with Gasteiger partial charge in [0.1, 0.15) is 5.75 Å². The van der Waals surface area contributed by atoms with Crippen LogP contribution in [0.1, 0.15) is 0 Å². The largest absolute Gasteiger partial charge is 0.495 e. The van der Waals surface area contributed by atoms with Gasteiger partial charge in [-0.2, -0.15) is 0 Å². The third-order valence-electron chi connectivity index (χ3n) is 2.48. The zero-order valence-electron chi connectivity index (χ0n) is 10.4. The maximum atomic E-state index is 12.2. The van der Waals surface area contributed by atoms with Gasteiger partial charge in [-0.3, -0.25) is 9.52 Å². The Bertz CT molecular complexity index is 786. The summed E-state index contributed by atoms with van der Waals surface area (Å²) < 4.78 is 32.5. The van der Waals surface area contributed by atoms with Crippen molar-refractivity contribution in [2.45, 2.75) is 4.90 Å². The van der Waals surface area contributed by atoms with Gasteiger partial charge in [-0.05, 0) is 18.2 Å². The Hall–Kier alpha value is -1.80. The van der Waals surface area contributed by atoms with Crippen LogP contribution in [-0.2, 0) is 10.0 Å². The topological polar surface area (TPSA) is 88.3 Å². The predicted octanol–water partition coefficient (Wildman–Crippen LogP) is 1.95. The van der Waals surface area contributed by atoms with Crippen molar-refractivity contribution >= 4 is 31.6 Å². The number of benzene rings is 1. The predicted molar refractivity (Wildman–Crippen MR) is 78.6 cm³/mol. The molecule has 2 rings (SSSR count). The van der Waals surface area contributed by atoms with Gasteiger partial charge < -0.3 is 9.72 Å². The number of rotatable bonds is 4. The van der Waals surface area contributed by atoms with Gasteiger partial charge in [-0.25, -0.2) is 8.42 Å². The van der Waals surface area contributed by atoms with Crippen molar-refractivity contribution in [2.75, 3.05) is 11.8 Å². The summed E-state index contributed by atoms with van der Waals surface area (Å²) in [5.74, 6) is 0.351. The molecule has 2 N–H and O–H groups in total. The molecule has 0 spiro atoms. The van der Waals surface area contributed by atoms with E-state index in [0.717, 1.165) is 12.3 Å². The van der Waals surface area contributed by atoms with E-state index in [-0.39, 0.29) is 10.6 Å². The summed E-state index contributed by atoms with van der Waals surface area (Å²) in [4.78, 5) is 13.8. The average Bonchev–Trinajstić information content (AvgIpc) is 2.39. The number of aromatic amines is 1. The molecule has 0 amide bonds. The highest BCUT2D eigenvalue weighted by Crippen LogP contribution is 2.29. The molecule has 6 nitrogen and oxygen atoms in total. The van der Waals surface area contributed by atoms with Gasteiger partial charge in [0.25, 0.3) is 10.0 Å². The molecule has 8 heteroatoms. The molecule has 1 aromatic heterocycles. The van der Waals surface area contributed by atoms with E-state index in [1.807, 2.05) is 0 Å². The molecule has 106 valence electrons. The van der Waals surface area contributed by atoms with Gasteiger partial charge >= 0.3 is 0 Å². The third kappa shape index (κ3) is 3.02. The summed E-state index contributed by atoms with van der Waals surface area (Å²) in [6, 6.07) is 6.02. The SMILES string of the molecule is COc1ccc(Br)cc1NS(=O)(=O)c1c[nH]ccc1=O. The monoisotopic (exact) mass is 358 g/mol. The summed E-state index contributed by atoms with van der Waals surface area (Å²) >= 11 is 3.25. The van der Waals surface area contributed by atoms with Crippen molar-refractivity contribution in [3.05, 3.63) is 51.4 Å². The van der Waals surface area contributed by atoms with Crippen LogP contribution in [-0.4, -0.2) is 20.5 Å². The highest BCUT2D eigenvalue weighted by Gasteiger charge is 2.19. The van der Waals surface area contributed by atoms with Crippen LogP contribution in [0.2, 0.25) is 0 Å². The number of methoxy groups -OCH3 is 1. The highest BCUT2D eigenvalue weighted by molar-refractivity contribution is 9.10. The van der Waals surface area contributed by atoms with Gasteiger partial charge in [0.15, 0.2) is 4.90 Å². The first-order valence-electron chi connectivity index (χ1n) is 5.47. The summed E-state index contributed by atoms with van der Waals surface area (Å²) in [7, 11) is -2.56. The van der Waals surface area contributed by atoms with E-state index in [0.29, 0.717) is 10.2 Å². The Labute approximate surface area is 124 Å². The Morgan fingerprint density at radius 3 is 2.70 bits per heavy atom. The van der Waals surface area contributed by atoms with Crippen molar-refractivity contribution < 1.29 is 13.2 Å². The van der Waals surface area contributed by atoms with Crippen LogP contribution in [0.3, 0.4) is 0 Å². The first-order chi connectivity index (χ1) is 9.44. The molecule has 20 heavy (non-hydrogen) atoms. The molecule has 0 atom stereocenters. The number of hydrogen-bond acceptors (Lipinski definition) is 4. The minimum atomic E-state index is -3.99.